The number of para-hydroxylation sites is 2. The summed E-state index contributed by atoms with van der Waals surface area (Å²) in [6.07, 6.45) is 0.191. The topological polar surface area (TPSA) is 84.5 Å². The van der Waals surface area contributed by atoms with Crippen molar-refractivity contribution in [2.45, 2.75) is 11.3 Å². The molecule has 122 valence electrons. The Labute approximate surface area is 135 Å². The summed E-state index contributed by atoms with van der Waals surface area (Å²) in [5.41, 5.74) is 0.704. The number of methoxy groups -OCH3 is 1. The summed E-state index contributed by atoms with van der Waals surface area (Å²) in [4.78, 5) is 11.9. The fourth-order valence-corrected chi connectivity index (χ4v) is 2.99. The van der Waals surface area contributed by atoms with Gasteiger partial charge in [0.2, 0.25) is 5.91 Å². The van der Waals surface area contributed by atoms with Crippen LogP contribution in [0.15, 0.2) is 59.5 Å². The van der Waals surface area contributed by atoms with Crippen LogP contribution < -0.4 is 10.0 Å². The second-order valence-electron chi connectivity index (χ2n) is 4.76. The van der Waals surface area contributed by atoms with Gasteiger partial charge < -0.3 is 10.1 Å². The summed E-state index contributed by atoms with van der Waals surface area (Å²) in [7, 11) is -2.21. The van der Waals surface area contributed by atoms with Crippen LogP contribution in [-0.2, 0) is 19.6 Å². The van der Waals surface area contributed by atoms with Crippen LogP contribution in [0.2, 0.25) is 0 Å². The van der Waals surface area contributed by atoms with E-state index in [0.29, 0.717) is 18.0 Å². The molecule has 0 saturated carbocycles. The smallest absolute Gasteiger partial charge is 0.261 e. The van der Waals surface area contributed by atoms with E-state index in [4.69, 9.17) is 4.74 Å². The van der Waals surface area contributed by atoms with Crippen LogP contribution in [0.5, 0.6) is 0 Å². The Morgan fingerprint density at radius 2 is 1.61 bits per heavy atom. The lowest BCUT2D eigenvalue weighted by atomic mass is 10.2. The van der Waals surface area contributed by atoms with Gasteiger partial charge in [0.1, 0.15) is 0 Å². The molecule has 0 aliphatic carbocycles. The molecular weight excluding hydrogens is 316 g/mol. The van der Waals surface area contributed by atoms with Crippen LogP contribution in [0.3, 0.4) is 0 Å². The minimum Gasteiger partial charge on any atom is -0.384 e. The van der Waals surface area contributed by atoms with Crippen molar-refractivity contribution in [2.24, 2.45) is 0 Å². The lowest BCUT2D eigenvalue weighted by molar-refractivity contribution is -0.117. The first kappa shape index (κ1) is 17.0. The monoisotopic (exact) mass is 334 g/mol. The van der Waals surface area contributed by atoms with Gasteiger partial charge in [0, 0.05) is 7.11 Å². The van der Waals surface area contributed by atoms with Gasteiger partial charge in [-0.25, -0.2) is 8.42 Å². The van der Waals surface area contributed by atoms with Crippen LogP contribution in [0.1, 0.15) is 6.42 Å². The third-order valence-electron chi connectivity index (χ3n) is 3.03. The predicted molar refractivity (Wildman–Crippen MR) is 88.8 cm³/mol. The largest absolute Gasteiger partial charge is 0.384 e. The quantitative estimate of drug-likeness (QED) is 0.814. The number of nitrogens with one attached hydrogen (secondary N) is 2. The van der Waals surface area contributed by atoms with Crippen LogP contribution in [0.4, 0.5) is 11.4 Å². The molecular formula is C16H18N2O4S. The number of amides is 1. The number of rotatable bonds is 7. The molecule has 0 bridgehead atoms. The van der Waals surface area contributed by atoms with Crippen molar-refractivity contribution >= 4 is 27.3 Å². The molecule has 0 fully saturated rings. The van der Waals surface area contributed by atoms with Crippen LogP contribution in [0, 0.1) is 0 Å². The highest BCUT2D eigenvalue weighted by Crippen LogP contribution is 2.24. The second kappa shape index (κ2) is 7.75. The normalized spacial score (nSPS) is 11.0. The maximum absolute atomic E-state index is 12.4. The molecule has 2 aromatic carbocycles. The molecule has 1 amide bonds. The third kappa shape index (κ3) is 4.80. The summed E-state index contributed by atoms with van der Waals surface area (Å²) < 4.78 is 32.1. The Morgan fingerprint density at radius 3 is 2.26 bits per heavy atom. The van der Waals surface area contributed by atoms with E-state index in [2.05, 4.69) is 10.0 Å². The molecule has 0 aromatic heterocycles. The molecule has 0 spiro atoms. The average molecular weight is 334 g/mol. The Morgan fingerprint density at radius 1 is 1.00 bits per heavy atom. The van der Waals surface area contributed by atoms with Gasteiger partial charge in [-0.05, 0) is 24.3 Å². The number of sulfonamides is 1. The Balaban J connectivity index is 2.19. The van der Waals surface area contributed by atoms with Gasteiger partial charge in [-0.15, -0.1) is 0 Å². The Kier molecular flexibility index (Phi) is 5.72. The molecule has 0 aliphatic heterocycles. The van der Waals surface area contributed by atoms with E-state index in [-0.39, 0.29) is 17.2 Å². The molecule has 2 N–H and O–H groups in total. The third-order valence-corrected chi connectivity index (χ3v) is 4.41. The van der Waals surface area contributed by atoms with Gasteiger partial charge in [-0.1, -0.05) is 30.3 Å². The summed E-state index contributed by atoms with van der Waals surface area (Å²) in [6.45, 7) is 0.295. The van der Waals surface area contributed by atoms with E-state index in [1.165, 1.54) is 19.2 Å². The zero-order valence-electron chi connectivity index (χ0n) is 12.7. The average Bonchev–Trinajstić information content (AvgIpc) is 2.55. The number of carbonyl (C=O) groups excluding carboxylic acids is 1. The van der Waals surface area contributed by atoms with E-state index >= 15 is 0 Å². The first-order valence-electron chi connectivity index (χ1n) is 6.98. The molecule has 2 aromatic rings. The molecule has 0 radical (unpaired) electrons. The highest BCUT2D eigenvalue weighted by atomic mass is 32.2. The van der Waals surface area contributed by atoms with Crippen LogP contribution in [0.25, 0.3) is 0 Å². The highest BCUT2D eigenvalue weighted by Gasteiger charge is 2.16. The van der Waals surface area contributed by atoms with Crippen molar-refractivity contribution in [3.05, 3.63) is 54.6 Å². The number of carbonyl (C=O) groups is 1. The fourth-order valence-electron chi connectivity index (χ4n) is 1.89. The SMILES string of the molecule is COCCC(=O)Nc1ccccc1NS(=O)(=O)c1ccccc1. The number of hydrogen-bond donors (Lipinski definition) is 2. The van der Waals surface area contributed by atoms with Crippen molar-refractivity contribution in [2.75, 3.05) is 23.8 Å². The zero-order chi connectivity index (χ0) is 16.7. The standard InChI is InChI=1S/C16H18N2O4S/c1-22-12-11-16(19)17-14-9-5-6-10-15(14)18-23(20,21)13-7-3-2-4-8-13/h2-10,18H,11-12H2,1H3,(H,17,19). The van der Waals surface area contributed by atoms with E-state index in [1.54, 1.807) is 42.5 Å². The minimum absolute atomic E-state index is 0.153. The second-order valence-corrected chi connectivity index (χ2v) is 6.44. The zero-order valence-corrected chi connectivity index (χ0v) is 13.5. The van der Waals surface area contributed by atoms with Gasteiger partial charge in [0.05, 0.1) is 29.3 Å². The first-order chi connectivity index (χ1) is 11.0. The van der Waals surface area contributed by atoms with Crippen molar-refractivity contribution in [1.82, 2.24) is 0 Å². The minimum atomic E-state index is -3.71. The molecule has 0 unspecified atom stereocenters. The fraction of sp³-hybridized carbons (Fsp3) is 0.188. The van der Waals surface area contributed by atoms with Crippen molar-refractivity contribution in [3.63, 3.8) is 0 Å². The first-order valence-corrected chi connectivity index (χ1v) is 8.47. The molecule has 0 aliphatic rings. The number of ether oxygens (including phenoxy) is 1. The number of anilines is 2. The molecule has 0 saturated heterocycles. The number of hydrogen-bond acceptors (Lipinski definition) is 4. The van der Waals surface area contributed by atoms with Gasteiger partial charge in [-0.2, -0.15) is 0 Å². The molecule has 23 heavy (non-hydrogen) atoms. The molecule has 0 heterocycles. The van der Waals surface area contributed by atoms with E-state index < -0.39 is 10.0 Å². The van der Waals surface area contributed by atoms with Gasteiger partial charge in [0.15, 0.2) is 0 Å². The van der Waals surface area contributed by atoms with Crippen LogP contribution >= 0.6 is 0 Å². The van der Waals surface area contributed by atoms with Crippen LogP contribution in [-0.4, -0.2) is 28.0 Å². The summed E-state index contributed by atoms with van der Waals surface area (Å²) in [6, 6.07) is 14.7. The highest BCUT2D eigenvalue weighted by molar-refractivity contribution is 7.92. The molecule has 7 heteroatoms. The summed E-state index contributed by atoms with van der Waals surface area (Å²) >= 11 is 0. The van der Waals surface area contributed by atoms with Gasteiger partial charge in [0.25, 0.3) is 10.0 Å². The van der Waals surface area contributed by atoms with Gasteiger partial charge >= 0.3 is 0 Å². The van der Waals surface area contributed by atoms with Crippen molar-refractivity contribution in [3.8, 4) is 0 Å². The molecule has 6 nitrogen and oxygen atoms in total. The Bertz CT molecular complexity index is 761. The molecule has 2 rings (SSSR count). The maximum atomic E-state index is 12.4. The van der Waals surface area contributed by atoms with Gasteiger partial charge in [-0.3, -0.25) is 9.52 Å². The molecule has 0 atom stereocenters. The lowest BCUT2D eigenvalue weighted by Crippen LogP contribution is -2.17. The predicted octanol–water partition coefficient (Wildman–Crippen LogP) is 2.46. The van der Waals surface area contributed by atoms with Crippen molar-refractivity contribution < 1.29 is 17.9 Å². The number of benzene rings is 2. The maximum Gasteiger partial charge on any atom is 0.261 e. The summed E-state index contributed by atoms with van der Waals surface area (Å²) in [5.74, 6) is -0.252. The summed E-state index contributed by atoms with van der Waals surface area (Å²) in [5, 5.41) is 2.67. The van der Waals surface area contributed by atoms with Crippen molar-refractivity contribution in [1.29, 1.82) is 0 Å². The van der Waals surface area contributed by atoms with E-state index in [1.807, 2.05) is 0 Å². The van der Waals surface area contributed by atoms with E-state index in [9.17, 15) is 13.2 Å². The van der Waals surface area contributed by atoms with E-state index in [0.717, 1.165) is 0 Å². The lowest BCUT2D eigenvalue weighted by Gasteiger charge is -2.13. The Hall–Kier alpha value is -2.38.